The summed E-state index contributed by atoms with van der Waals surface area (Å²) in [7, 11) is -3.79. The number of amides is 1. The van der Waals surface area contributed by atoms with E-state index >= 15 is 0 Å². The molecule has 3 N–H and O–H groups in total. The van der Waals surface area contributed by atoms with Crippen molar-refractivity contribution in [1.82, 2.24) is 10.0 Å². The van der Waals surface area contributed by atoms with Crippen molar-refractivity contribution in [2.75, 3.05) is 13.2 Å². The molecule has 118 valence electrons. The topological polar surface area (TPSA) is 95.5 Å². The normalized spacial score (nSPS) is 13.0. The van der Waals surface area contributed by atoms with Gasteiger partial charge in [0.1, 0.15) is 0 Å². The zero-order chi connectivity index (χ0) is 16.2. The van der Waals surface area contributed by atoms with Crippen molar-refractivity contribution in [1.29, 1.82) is 0 Å². The van der Waals surface area contributed by atoms with Crippen LogP contribution >= 0.6 is 0 Å². The number of aliphatic hydroxyl groups is 1. The number of benzene rings is 2. The van der Waals surface area contributed by atoms with E-state index < -0.39 is 22.0 Å². The summed E-state index contributed by atoms with van der Waals surface area (Å²) in [6.07, 6.45) is 0. The number of aliphatic hydroxyl groups excluding tert-OH is 1. The van der Waals surface area contributed by atoms with Gasteiger partial charge in [0.05, 0.1) is 17.5 Å². The molecule has 0 aromatic heterocycles. The minimum atomic E-state index is -3.79. The molecular formula is C15H18N2O4S. The second kappa shape index (κ2) is 6.87. The molecule has 0 aliphatic carbocycles. The van der Waals surface area contributed by atoms with Crippen LogP contribution in [0.1, 0.15) is 6.92 Å². The van der Waals surface area contributed by atoms with E-state index in [2.05, 4.69) is 10.0 Å². The van der Waals surface area contributed by atoms with Crippen molar-refractivity contribution in [3.63, 3.8) is 0 Å². The van der Waals surface area contributed by atoms with Crippen LogP contribution in [0.5, 0.6) is 0 Å². The molecule has 22 heavy (non-hydrogen) atoms. The van der Waals surface area contributed by atoms with Gasteiger partial charge < -0.3 is 10.4 Å². The zero-order valence-corrected chi connectivity index (χ0v) is 12.9. The standard InChI is InChI=1S/C15H18N2O4S/c1-11(15(19)16-8-9-18)17-22(20,21)14-7-6-12-4-2-3-5-13(12)10-14/h2-7,10-11,17-18H,8-9H2,1H3,(H,16,19)/t11-/m0/s1. The maximum absolute atomic E-state index is 12.3. The second-order valence-corrected chi connectivity index (χ2v) is 6.58. The van der Waals surface area contributed by atoms with Crippen LogP contribution < -0.4 is 10.0 Å². The molecule has 0 radical (unpaired) electrons. The molecule has 0 bridgehead atoms. The third kappa shape index (κ3) is 3.82. The first-order chi connectivity index (χ1) is 10.4. The number of nitrogens with one attached hydrogen (secondary N) is 2. The molecule has 1 amide bonds. The smallest absolute Gasteiger partial charge is 0.241 e. The molecule has 7 heteroatoms. The summed E-state index contributed by atoms with van der Waals surface area (Å²) in [5.41, 5.74) is 0. The van der Waals surface area contributed by atoms with Gasteiger partial charge in [0, 0.05) is 6.54 Å². The molecule has 0 aliphatic rings. The number of hydrogen-bond donors (Lipinski definition) is 3. The first-order valence-corrected chi connectivity index (χ1v) is 8.32. The quantitative estimate of drug-likeness (QED) is 0.726. The molecule has 2 rings (SSSR count). The van der Waals surface area contributed by atoms with Gasteiger partial charge in [0.15, 0.2) is 0 Å². The van der Waals surface area contributed by atoms with E-state index in [9.17, 15) is 13.2 Å². The Morgan fingerprint density at radius 2 is 1.86 bits per heavy atom. The van der Waals surface area contributed by atoms with Gasteiger partial charge in [-0.3, -0.25) is 4.79 Å². The lowest BCUT2D eigenvalue weighted by Crippen LogP contribution is -2.45. The minimum absolute atomic E-state index is 0.0842. The molecule has 0 unspecified atom stereocenters. The molecule has 0 aliphatic heterocycles. The van der Waals surface area contributed by atoms with Crippen LogP contribution in [0, 0.1) is 0 Å². The van der Waals surface area contributed by atoms with Gasteiger partial charge in [-0.25, -0.2) is 8.42 Å². The summed E-state index contributed by atoms with van der Waals surface area (Å²) < 4.78 is 27.0. The minimum Gasteiger partial charge on any atom is -0.395 e. The fourth-order valence-electron chi connectivity index (χ4n) is 2.02. The third-order valence-corrected chi connectivity index (χ3v) is 4.71. The highest BCUT2D eigenvalue weighted by atomic mass is 32.2. The predicted molar refractivity (Wildman–Crippen MR) is 83.8 cm³/mol. The van der Waals surface area contributed by atoms with Gasteiger partial charge in [-0.15, -0.1) is 0 Å². The number of carbonyl (C=O) groups is 1. The van der Waals surface area contributed by atoms with Crippen molar-refractivity contribution in [2.45, 2.75) is 17.9 Å². The molecule has 0 saturated heterocycles. The van der Waals surface area contributed by atoms with E-state index in [-0.39, 0.29) is 18.0 Å². The molecule has 6 nitrogen and oxygen atoms in total. The lowest BCUT2D eigenvalue weighted by Gasteiger charge is -2.14. The van der Waals surface area contributed by atoms with Crippen LogP contribution in [-0.4, -0.2) is 38.6 Å². The fourth-order valence-corrected chi connectivity index (χ4v) is 3.26. The van der Waals surface area contributed by atoms with Crippen molar-refractivity contribution in [3.05, 3.63) is 42.5 Å². The molecule has 0 saturated carbocycles. The van der Waals surface area contributed by atoms with Gasteiger partial charge in [-0.2, -0.15) is 4.72 Å². The van der Waals surface area contributed by atoms with Crippen LogP contribution in [0.2, 0.25) is 0 Å². The maximum Gasteiger partial charge on any atom is 0.241 e. The van der Waals surface area contributed by atoms with Gasteiger partial charge in [0.25, 0.3) is 0 Å². The van der Waals surface area contributed by atoms with Gasteiger partial charge in [-0.05, 0) is 29.8 Å². The summed E-state index contributed by atoms with van der Waals surface area (Å²) in [6.45, 7) is 1.34. The molecule has 0 fully saturated rings. The molecule has 0 heterocycles. The Bertz CT molecular complexity index is 774. The maximum atomic E-state index is 12.3. The molecular weight excluding hydrogens is 304 g/mol. The van der Waals surface area contributed by atoms with Crippen LogP contribution in [0.3, 0.4) is 0 Å². The molecule has 2 aromatic rings. The van der Waals surface area contributed by atoms with Gasteiger partial charge in [-0.1, -0.05) is 30.3 Å². The lowest BCUT2D eigenvalue weighted by atomic mass is 10.1. The van der Waals surface area contributed by atoms with E-state index in [0.29, 0.717) is 0 Å². The SMILES string of the molecule is C[C@H](NS(=O)(=O)c1ccc2ccccc2c1)C(=O)NCCO. The largest absolute Gasteiger partial charge is 0.395 e. The third-order valence-electron chi connectivity index (χ3n) is 3.17. The first-order valence-electron chi connectivity index (χ1n) is 6.84. The summed E-state index contributed by atoms with van der Waals surface area (Å²) >= 11 is 0. The van der Waals surface area contributed by atoms with Crippen LogP contribution in [0.15, 0.2) is 47.4 Å². The molecule has 1 atom stereocenters. The zero-order valence-electron chi connectivity index (χ0n) is 12.1. The summed E-state index contributed by atoms with van der Waals surface area (Å²) in [6, 6.07) is 11.3. The summed E-state index contributed by atoms with van der Waals surface area (Å²) in [4.78, 5) is 11.8. The average Bonchev–Trinajstić information content (AvgIpc) is 2.51. The van der Waals surface area contributed by atoms with E-state index in [1.807, 2.05) is 24.3 Å². The Kier molecular flexibility index (Phi) is 5.12. The van der Waals surface area contributed by atoms with Crippen LogP contribution in [-0.2, 0) is 14.8 Å². The number of carbonyl (C=O) groups excluding carboxylic acids is 1. The number of rotatable bonds is 6. The Morgan fingerprint density at radius 1 is 1.18 bits per heavy atom. The Balaban J connectivity index is 2.19. The van der Waals surface area contributed by atoms with Crippen LogP contribution in [0.4, 0.5) is 0 Å². The van der Waals surface area contributed by atoms with Crippen molar-refractivity contribution >= 4 is 26.7 Å². The summed E-state index contributed by atoms with van der Waals surface area (Å²) in [5.74, 6) is -0.488. The van der Waals surface area contributed by atoms with E-state index in [0.717, 1.165) is 10.8 Å². The predicted octanol–water partition coefficient (Wildman–Crippen LogP) is 0.615. The summed E-state index contributed by atoms with van der Waals surface area (Å²) in [5, 5.41) is 12.8. The Hall–Kier alpha value is -1.96. The average molecular weight is 322 g/mol. The number of hydrogen-bond acceptors (Lipinski definition) is 4. The first kappa shape index (κ1) is 16.4. The van der Waals surface area contributed by atoms with Crippen LogP contribution in [0.25, 0.3) is 10.8 Å². The van der Waals surface area contributed by atoms with E-state index in [4.69, 9.17) is 5.11 Å². The number of fused-ring (bicyclic) bond motifs is 1. The fraction of sp³-hybridized carbons (Fsp3) is 0.267. The van der Waals surface area contributed by atoms with Crippen molar-refractivity contribution in [2.24, 2.45) is 0 Å². The van der Waals surface area contributed by atoms with Crippen molar-refractivity contribution < 1.29 is 18.3 Å². The lowest BCUT2D eigenvalue weighted by molar-refractivity contribution is -0.122. The van der Waals surface area contributed by atoms with Gasteiger partial charge >= 0.3 is 0 Å². The molecule has 0 spiro atoms. The van der Waals surface area contributed by atoms with E-state index in [1.165, 1.54) is 13.0 Å². The van der Waals surface area contributed by atoms with Crippen molar-refractivity contribution in [3.8, 4) is 0 Å². The highest BCUT2D eigenvalue weighted by molar-refractivity contribution is 7.89. The highest BCUT2D eigenvalue weighted by Crippen LogP contribution is 2.19. The second-order valence-electron chi connectivity index (χ2n) is 4.87. The Morgan fingerprint density at radius 3 is 2.55 bits per heavy atom. The monoisotopic (exact) mass is 322 g/mol. The molecule has 2 aromatic carbocycles. The highest BCUT2D eigenvalue weighted by Gasteiger charge is 2.21. The van der Waals surface area contributed by atoms with Gasteiger partial charge in [0.2, 0.25) is 15.9 Å². The Labute approximate surface area is 129 Å². The van der Waals surface area contributed by atoms with E-state index in [1.54, 1.807) is 12.1 Å². The number of sulfonamides is 1.